The largest absolute Gasteiger partial charge is 0.459 e. The highest BCUT2D eigenvalue weighted by Gasteiger charge is 2.65. The number of unbranched alkanes of at least 4 members (excludes halogenated alkanes) is 2. The SMILES string of the molecule is C=CCCOC(=O)N(CCC)C1CC(=NOC)C2=CC(CCCCO)C(CCCCO)C3c4cc(Oc5cccc(C=O)c5)ccc4OC1(OCC=C)C23. The van der Waals surface area contributed by atoms with E-state index in [2.05, 4.69) is 24.4 Å². The molecule has 11 heteroatoms. The molecular formula is C43H56N2O9. The number of hydrogen-bond donors (Lipinski definition) is 2. The molecule has 5 rings (SSSR count). The van der Waals surface area contributed by atoms with Gasteiger partial charge < -0.3 is 34.0 Å². The van der Waals surface area contributed by atoms with Gasteiger partial charge in [-0.25, -0.2) is 4.79 Å². The molecule has 2 aromatic carbocycles. The molecule has 2 aromatic rings. The maximum absolute atomic E-state index is 14.0. The van der Waals surface area contributed by atoms with Crippen molar-refractivity contribution < 1.29 is 43.6 Å². The second-order valence-electron chi connectivity index (χ2n) is 14.1. The number of rotatable bonds is 21. The molecule has 0 bridgehead atoms. The molecule has 0 spiro atoms. The van der Waals surface area contributed by atoms with E-state index in [0.717, 1.165) is 43.1 Å². The van der Waals surface area contributed by atoms with Gasteiger partial charge in [0.15, 0.2) is 0 Å². The smallest absolute Gasteiger partial charge is 0.410 e. The van der Waals surface area contributed by atoms with Crippen molar-refractivity contribution in [1.29, 1.82) is 0 Å². The minimum atomic E-state index is -1.37. The number of aliphatic hydroxyl groups is 2. The molecule has 2 aliphatic carbocycles. The van der Waals surface area contributed by atoms with Crippen LogP contribution in [-0.4, -0.2) is 85.1 Å². The number of carbonyl (C=O) groups is 2. The zero-order valence-corrected chi connectivity index (χ0v) is 31.7. The Hall–Kier alpha value is -4.45. The fourth-order valence-corrected chi connectivity index (χ4v) is 8.54. The Morgan fingerprint density at radius 3 is 2.54 bits per heavy atom. The van der Waals surface area contributed by atoms with Gasteiger partial charge in [-0.3, -0.25) is 9.69 Å². The van der Waals surface area contributed by atoms with E-state index in [4.69, 9.17) is 23.8 Å². The van der Waals surface area contributed by atoms with Crippen LogP contribution >= 0.6 is 0 Å². The number of fused-ring (bicyclic) bond motifs is 2. The van der Waals surface area contributed by atoms with Crippen LogP contribution in [0.5, 0.6) is 17.2 Å². The number of carbonyl (C=O) groups excluding carboxylic acids is 2. The molecule has 1 aliphatic heterocycles. The molecule has 2 N–H and O–H groups in total. The second kappa shape index (κ2) is 19.8. The third-order valence-corrected chi connectivity index (χ3v) is 10.7. The molecular weight excluding hydrogens is 688 g/mol. The summed E-state index contributed by atoms with van der Waals surface area (Å²) in [6.07, 6.45) is 12.1. The van der Waals surface area contributed by atoms with E-state index in [0.29, 0.717) is 67.2 Å². The molecule has 3 aliphatic rings. The Balaban J connectivity index is 1.75. The number of oxime groups is 1. The average molecular weight is 745 g/mol. The Morgan fingerprint density at radius 1 is 1.06 bits per heavy atom. The van der Waals surface area contributed by atoms with Gasteiger partial charge >= 0.3 is 6.09 Å². The van der Waals surface area contributed by atoms with E-state index in [1.54, 1.807) is 35.3 Å². The number of amides is 1. The summed E-state index contributed by atoms with van der Waals surface area (Å²) in [4.78, 5) is 32.8. The van der Waals surface area contributed by atoms with E-state index in [-0.39, 0.29) is 44.2 Å². The van der Waals surface area contributed by atoms with Crippen LogP contribution in [0.15, 0.2) is 84.6 Å². The molecule has 292 valence electrons. The van der Waals surface area contributed by atoms with Crippen LogP contribution in [0.2, 0.25) is 0 Å². The van der Waals surface area contributed by atoms with E-state index in [1.165, 1.54) is 7.11 Å². The van der Waals surface area contributed by atoms with Crippen molar-refractivity contribution >= 4 is 18.1 Å². The lowest BCUT2D eigenvalue weighted by Gasteiger charge is -2.59. The third kappa shape index (κ3) is 8.91. The summed E-state index contributed by atoms with van der Waals surface area (Å²) < 4.78 is 26.3. The molecule has 1 fully saturated rings. The first kappa shape index (κ1) is 40.7. The third-order valence-electron chi connectivity index (χ3n) is 10.7. The van der Waals surface area contributed by atoms with E-state index >= 15 is 0 Å². The molecule has 1 heterocycles. The number of benzene rings is 2. The lowest BCUT2D eigenvalue weighted by molar-refractivity contribution is -0.255. The van der Waals surface area contributed by atoms with Gasteiger partial charge in [-0.2, -0.15) is 0 Å². The molecule has 1 saturated carbocycles. The van der Waals surface area contributed by atoms with Crippen LogP contribution in [0.4, 0.5) is 4.79 Å². The Morgan fingerprint density at radius 2 is 1.83 bits per heavy atom. The second-order valence-corrected chi connectivity index (χ2v) is 14.1. The monoisotopic (exact) mass is 744 g/mol. The Bertz CT molecular complexity index is 1660. The van der Waals surface area contributed by atoms with Gasteiger partial charge in [0.05, 0.1) is 24.8 Å². The first-order chi connectivity index (χ1) is 26.4. The van der Waals surface area contributed by atoms with Gasteiger partial charge in [0.25, 0.3) is 0 Å². The van der Waals surface area contributed by atoms with Crippen LogP contribution in [0, 0.1) is 17.8 Å². The highest BCUT2D eigenvalue weighted by Crippen LogP contribution is 2.62. The molecule has 0 aromatic heterocycles. The average Bonchev–Trinajstić information content (AvgIpc) is 3.18. The van der Waals surface area contributed by atoms with E-state index < -0.39 is 23.8 Å². The molecule has 0 radical (unpaired) electrons. The summed E-state index contributed by atoms with van der Waals surface area (Å²) in [6, 6.07) is 12.1. The highest BCUT2D eigenvalue weighted by molar-refractivity contribution is 6.03. The quantitative estimate of drug-likeness (QED) is 0.0564. The van der Waals surface area contributed by atoms with E-state index in [1.807, 2.05) is 31.2 Å². The van der Waals surface area contributed by atoms with Crippen LogP contribution in [-0.2, 0) is 14.3 Å². The van der Waals surface area contributed by atoms with Crippen molar-refractivity contribution in [3.05, 3.63) is 90.6 Å². The maximum atomic E-state index is 14.0. The predicted octanol–water partition coefficient (Wildman–Crippen LogP) is 7.98. The minimum absolute atomic E-state index is 0.0636. The van der Waals surface area contributed by atoms with E-state index in [9.17, 15) is 19.8 Å². The Kier molecular flexibility index (Phi) is 14.9. The molecule has 54 heavy (non-hydrogen) atoms. The standard InChI is InChI=1S/C43H56N2O9/c1-5-8-24-51-42(49)45(20-6-2)39-28-37(44-50-4)35-26-31(15-9-11-21-46)34(17-10-12-22-47)40-36-27-33(53-32-16-13-14-30(25-32)29-48)18-19-38(36)54-43(39,41(35)40)52-23-7-3/h5,7,13-14,16,18-19,25-27,29,31,34,39-41,46-47H,1,3,6,8-12,15,17,20-24,28H2,2,4H3. The lowest BCUT2D eigenvalue weighted by Crippen LogP contribution is -2.70. The summed E-state index contributed by atoms with van der Waals surface area (Å²) in [5, 5.41) is 24.2. The Labute approximate surface area is 319 Å². The van der Waals surface area contributed by atoms with Gasteiger partial charge in [-0.15, -0.1) is 13.2 Å². The van der Waals surface area contributed by atoms with Crippen LogP contribution in [0.25, 0.3) is 0 Å². The normalized spacial score (nSPS) is 24.6. The highest BCUT2D eigenvalue weighted by atomic mass is 16.7. The predicted molar refractivity (Wildman–Crippen MR) is 207 cm³/mol. The van der Waals surface area contributed by atoms with Crippen molar-refractivity contribution in [3.8, 4) is 17.2 Å². The first-order valence-corrected chi connectivity index (χ1v) is 19.3. The van der Waals surface area contributed by atoms with Crippen LogP contribution in [0.3, 0.4) is 0 Å². The molecule has 6 atom stereocenters. The van der Waals surface area contributed by atoms with Crippen LogP contribution < -0.4 is 9.47 Å². The fourth-order valence-electron chi connectivity index (χ4n) is 8.54. The van der Waals surface area contributed by atoms with Crippen molar-refractivity contribution in [1.82, 2.24) is 4.90 Å². The van der Waals surface area contributed by atoms with Gasteiger partial charge in [-0.05, 0) is 86.3 Å². The van der Waals surface area contributed by atoms with Crippen molar-refractivity contribution in [3.63, 3.8) is 0 Å². The molecule has 1 amide bonds. The zero-order valence-electron chi connectivity index (χ0n) is 31.7. The van der Waals surface area contributed by atoms with Crippen molar-refractivity contribution in [2.24, 2.45) is 22.9 Å². The summed E-state index contributed by atoms with van der Waals surface area (Å²) >= 11 is 0. The fraction of sp³-hybridized carbons (Fsp3) is 0.512. The number of aliphatic hydroxyl groups excluding tert-OH is 2. The number of allylic oxidation sites excluding steroid dienone is 1. The number of ether oxygens (including phenoxy) is 4. The zero-order chi connectivity index (χ0) is 38.5. The number of hydrogen-bond acceptors (Lipinski definition) is 10. The summed E-state index contributed by atoms with van der Waals surface area (Å²) in [7, 11) is 1.53. The number of aldehydes is 1. The molecule has 6 unspecified atom stereocenters. The van der Waals surface area contributed by atoms with Crippen LogP contribution in [0.1, 0.15) is 86.6 Å². The number of nitrogens with zero attached hydrogens (tertiary/aromatic N) is 2. The van der Waals surface area contributed by atoms with Gasteiger partial charge in [-0.1, -0.05) is 55.3 Å². The van der Waals surface area contributed by atoms with Gasteiger partial charge in [0.2, 0.25) is 5.79 Å². The maximum Gasteiger partial charge on any atom is 0.410 e. The van der Waals surface area contributed by atoms with Crippen molar-refractivity contribution in [2.45, 2.75) is 82.5 Å². The minimum Gasteiger partial charge on any atom is -0.459 e. The summed E-state index contributed by atoms with van der Waals surface area (Å²) in [6.45, 7) is 10.7. The summed E-state index contributed by atoms with van der Waals surface area (Å²) in [5.41, 5.74) is 3.09. The van der Waals surface area contributed by atoms with Crippen molar-refractivity contribution in [2.75, 3.05) is 40.1 Å². The van der Waals surface area contributed by atoms with Gasteiger partial charge in [0.1, 0.15) is 36.7 Å². The molecule has 11 nitrogen and oxygen atoms in total. The topological polar surface area (TPSA) is 136 Å². The first-order valence-electron chi connectivity index (χ1n) is 19.3. The summed E-state index contributed by atoms with van der Waals surface area (Å²) in [5.74, 6) is -0.132. The molecule has 0 saturated heterocycles. The lowest BCUT2D eigenvalue weighted by atomic mass is 9.55. The van der Waals surface area contributed by atoms with Gasteiger partial charge in [0, 0.05) is 43.2 Å².